The molecule has 0 aromatic carbocycles. The van der Waals surface area contributed by atoms with E-state index >= 15 is 0 Å². The fraction of sp³-hybridized carbons (Fsp3) is 0.846. The lowest BCUT2D eigenvalue weighted by Gasteiger charge is -2.29. The first-order valence-electron chi connectivity index (χ1n) is 6.76. The molecule has 1 aliphatic rings. The van der Waals surface area contributed by atoms with E-state index in [1.54, 1.807) is 0 Å². The summed E-state index contributed by atoms with van der Waals surface area (Å²) in [5, 5.41) is 11.7. The van der Waals surface area contributed by atoms with E-state index < -0.39 is 32.4 Å². The predicted molar refractivity (Wildman–Crippen MR) is 75.0 cm³/mol. The number of carboxylic acid groups (broad SMARTS) is 1. The summed E-state index contributed by atoms with van der Waals surface area (Å²) >= 11 is 0. The minimum Gasteiger partial charge on any atom is -0.481 e. The third-order valence-corrected chi connectivity index (χ3v) is 6.26. The third kappa shape index (κ3) is 3.94. The van der Waals surface area contributed by atoms with Crippen LogP contribution in [0.25, 0.3) is 0 Å². The van der Waals surface area contributed by atoms with Crippen LogP contribution in [0.4, 0.5) is 0 Å². The first-order chi connectivity index (χ1) is 9.06. The second kappa shape index (κ2) is 6.11. The van der Waals surface area contributed by atoms with E-state index in [0.717, 1.165) is 19.1 Å². The van der Waals surface area contributed by atoms with Gasteiger partial charge in [0.2, 0.25) is 5.91 Å². The van der Waals surface area contributed by atoms with Crippen molar-refractivity contribution in [3.63, 3.8) is 0 Å². The van der Waals surface area contributed by atoms with Gasteiger partial charge < -0.3 is 10.4 Å². The van der Waals surface area contributed by atoms with E-state index in [1.807, 2.05) is 0 Å². The van der Waals surface area contributed by atoms with Gasteiger partial charge in [-0.25, -0.2) is 8.42 Å². The van der Waals surface area contributed by atoms with Gasteiger partial charge in [-0.15, -0.1) is 0 Å². The minimum atomic E-state index is -3.29. The van der Waals surface area contributed by atoms with Crippen molar-refractivity contribution in [1.29, 1.82) is 0 Å². The maximum absolute atomic E-state index is 12.1. The second-order valence-electron chi connectivity index (χ2n) is 6.09. The molecule has 0 aromatic heterocycles. The highest BCUT2D eigenvalue weighted by Gasteiger charge is 2.37. The smallest absolute Gasteiger partial charge is 0.307 e. The molecule has 0 aliphatic heterocycles. The Morgan fingerprint density at radius 3 is 2.15 bits per heavy atom. The zero-order valence-electron chi connectivity index (χ0n) is 12.2. The third-order valence-electron chi connectivity index (χ3n) is 4.11. The maximum atomic E-state index is 12.1. The zero-order chi connectivity index (χ0) is 15.6. The maximum Gasteiger partial charge on any atom is 0.307 e. The Morgan fingerprint density at radius 1 is 1.20 bits per heavy atom. The van der Waals surface area contributed by atoms with Crippen molar-refractivity contribution in [2.24, 2.45) is 11.8 Å². The molecular weight excluding hydrogens is 282 g/mol. The van der Waals surface area contributed by atoms with E-state index in [9.17, 15) is 18.0 Å². The average molecular weight is 305 g/mol. The van der Waals surface area contributed by atoms with Crippen LogP contribution in [0.5, 0.6) is 0 Å². The van der Waals surface area contributed by atoms with E-state index in [2.05, 4.69) is 5.32 Å². The van der Waals surface area contributed by atoms with E-state index in [0.29, 0.717) is 12.8 Å². The molecule has 2 atom stereocenters. The molecule has 0 saturated heterocycles. The van der Waals surface area contributed by atoms with Crippen LogP contribution >= 0.6 is 0 Å². The van der Waals surface area contributed by atoms with Crippen LogP contribution in [-0.4, -0.2) is 42.9 Å². The fourth-order valence-electron chi connectivity index (χ4n) is 2.30. The van der Waals surface area contributed by atoms with E-state index in [4.69, 9.17) is 5.11 Å². The number of carboxylic acids is 1. The van der Waals surface area contributed by atoms with Crippen LogP contribution in [-0.2, 0) is 19.4 Å². The number of carbonyl (C=O) groups is 2. The lowest BCUT2D eigenvalue weighted by atomic mass is 9.78. The van der Waals surface area contributed by atoms with Crippen LogP contribution in [0.3, 0.4) is 0 Å². The summed E-state index contributed by atoms with van der Waals surface area (Å²) in [6.07, 6.45) is 3.82. The summed E-state index contributed by atoms with van der Waals surface area (Å²) in [5.41, 5.74) is 0. The average Bonchev–Trinajstić information content (AvgIpc) is 2.34. The summed E-state index contributed by atoms with van der Waals surface area (Å²) in [4.78, 5) is 23.3. The number of nitrogens with one attached hydrogen (secondary N) is 1. The standard InChI is InChI=1S/C13H23NO5S/c1-13(2,20(3,18)19)8-14-11(15)9-6-4-5-7-10(9)12(16)17/h9-10H,4-8H2,1-3H3,(H,14,15)(H,16,17)/t9-,10+/m1/s1. The van der Waals surface area contributed by atoms with Gasteiger partial charge in [-0.3, -0.25) is 9.59 Å². The van der Waals surface area contributed by atoms with Crippen molar-refractivity contribution in [2.45, 2.75) is 44.3 Å². The van der Waals surface area contributed by atoms with E-state index in [1.165, 1.54) is 13.8 Å². The Bertz CT molecular complexity index is 483. The van der Waals surface area contributed by atoms with Gasteiger partial charge in [0, 0.05) is 12.8 Å². The molecule has 7 heteroatoms. The van der Waals surface area contributed by atoms with Crippen LogP contribution in [0.2, 0.25) is 0 Å². The Labute approximate surface area is 119 Å². The second-order valence-corrected chi connectivity index (χ2v) is 8.73. The number of aliphatic carboxylic acids is 1. The van der Waals surface area contributed by atoms with Gasteiger partial charge in [0.15, 0.2) is 9.84 Å². The largest absolute Gasteiger partial charge is 0.481 e. The van der Waals surface area contributed by atoms with Crippen molar-refractivity contribution in [1.82, 2.24) is 5.32 Å². The van der Waals surface area contributed by atoms with Gasteiger partial charge >= 0.3 is 5.97 Å². The molecule has 0 radical (unpaired) electrons. The van der Waals surface area contributed by atoms with E-state index in [-0.39, 0.29) is 12.5 Å². The summed E-state index contributed by atoms with van der Waals surface area (Å²) in [6.45, 7) is 3.07. The van der Waals surface area contributed by atoms with Crippen molar-refractivity contribution < 1.29 is 23.1 Å². The van der Waals surface area contributed by atoms with Crippen molar-refractivity contribution in [2.75, 3.05) is 12.8 Å². The van der Waals surface area contributed by atoms with Crippen LogP contribution in [0.1, 0.15) is 39.5 Å². The quantitative estimate of drug-likeness (QED) is 0.783. The zero-order valence-corrected chi connectivity index (χ0v) is 13.0. The van der Waals surface area contributed by atoms with Gasteiger partial charge in [-0.05, 0) is 26.7 Å². The first-order valence-corrected chi connectivity index (χ1v) is 8.65. The van der Waals surface area contributed by atoms with Gasteiger partial charge in [-0.1, -0.05) is 12.8 Å². The monoisotopic (exact) mass is 305 g/mol. The molecule has 116 valence electrons. The van der Waals surface area contributed by atoms with Gasteiger partial charge in [0.1, 0.15) is 0 Å². The van der Waals surface area contributed by atoms with Crippen LogP contribution < -0.4 is 5.32 Å². The van der Waals surface area contributed by atoms with Gasteiger partial charge in [0.25, 0.3) is 0 Å². The molecule has 0 heterocycles. The first kappa shape index (κ1) is 16.9. The molecule has 1 fully saturated rings. The van der Waals surface area contributed by atoms with Crippen LogP contribution in [0.15, 0.2) is 0 Å². The number of rotatable bonds is 5. The SMILES string of the molecule is CC(C)(CNC(=O)[C@@H]1CCCC[C@@H]1C(=O)O)S(C)(=O)=O. The topological polar surface area (TPSA) is 101 Å². The summed E-state index contributed by atoms with van der Waals surface area (Å²) < 4.78 is 22.1. The molecular formula is C13H23NO5S. The summed E-state index contributed by atoms with van der Waals surface area (Å²) in [7, 11) is -3.29. The van der Waals surface area contributed by atoms with Crippen molar-refractivity contribution in [3.8, 4) is 0 Å². The molecule has 6 nitrogen and oxygen atoms in total. The molecule has 1 amide bonds. The Morgan fingerprint density at radius 2 is 1.70 bits per heavy atom. The van der Waals surface area contributed by atoms with Gasteiger partial charge in [0.05, 0.1) is 16.6 Å². The van der Waals surface area contributed by atoms with Crippen LogP contribution in [0, 0.1) is 11.8 Å². The number of amides is 1. The molecule has 1 rings (SSSR count). The van der Waals surface area contributed by atoms with Crippen molar-refractivity contribution in [3.05, 3.63) is 0 Å². The normalized spacial score (nSPS) is 24.1. The Kier molecular flexibility index (Phi) is 5.18. The fourth-order valence-corrected chi connectivity index (χ4v) is 2.64. The highest BCUT2D eigenvalue weighted by atomic mass is 32.2. The summed E-state index contributed by atoms with van der Waals surface area (Å²) in [6, 6.07) is 0. The molecule has 0 bridgehead atoms. The lowest BCUT2D eigenvalue weighted by molar-refractivity contribution is -0.148. The molecule has 2 N–H and O–H groups in total. The molecule has 20 heavy (non-hydrogen) atoms. The summed E-state index contributed by atoms with van der Waals surface area (Å²) in [5.74, 6) is -2.53. The predicted octanol–water partition coefficient (Wildman–Crippen LogP) is 0.817. The molecule has 0 spiro atoms. The Hall–Kier alpha value is -1.11. The van der Waals surface area contributed by atoms with Gasteiger partial charge in [-0.2, -0.15) is 0 Å². The number of hydrogen-bond acceptors (Lipinski definition) is 4. The number of carbonyl (C=O) groups excluding carboxylic acids is 1. The minimum absolute atomic E-state index is 0.00644. The highest BCUT2D eigenvalue weighted by Crippen LogP contribution is 2.30. The molecule has 1 saturated carbocycles. The molecule has 1 aliphatic carbocycles. The lowest BCUT2D eigenvalue weighted by Crippen LogP contribution is -2.47. The molecule has 0 aromatic rings. The molecule has 0 unspecified atom stereocenters. The van der Waals surface area contributed by atoms with Crippen molar-refractivity contribution >= 4 is 21.7 Å². The Balaban J connectivity index is 2.69. The number of hydrogen-bond donors (Lipinski definition) is 2. The highest BCUT2D eigenvalue weighted by molar-refractivity contribution is 7.92. The number of sulfone groups is 1.